The summed E-state index contributed by atoms with van der Waals surface area (Å²) in [5.41, 5.74) is 2.27. The summed E-state index contributed by atoms with van der Waals surface area (Å²) in [4.78, 5) is 27.9. The largest absolute Gasteiger partial charge is 0.495 e. The van der Waals surface area contributed by atoms with Crippen molar-refractivity contribution in [3.8, 4) is 5.75 Å². The van der Waals surface area contributed by atoms with Crippen LogP contribution in [0.3, 0.4) is 0 Å². The number of carbonyl (C=O) groups is 2. The van der Waals surface area contributed by atoms with Gasteiger partial charge in [0.2, 0.25) is 11.8 Å². The Balaban J connectivity index is 2.14. The Labute approximate surface area is 239 Å². The fraction of sp³-hybridized carbons (Fsp3) is 0.286. The maximum absolute atomic E-state index is 14.0. The van der Waals surface area contributed by atoms with Gasteiger partial charge in [-0.3, -0.25) is 13.9 Å². The van der Waals surface area contributed by atoms with Gasteiger partial charge in [-0.2, -0.15) is 0 Å². The predicted molar refractivity (Wildman–Crippen MR) is 154 cm³/mol. The molecule has 0 aliphatic heterocycles. The summed E-state index contributed by atoms with van der Waals surface area (Å²) in [6.07, 6.45) is 0. The average molecular weight is 593 g/mol. The number of carbonyl (C=O) groups excluding carboxylic acids is 2. The van der Waals surface area contributed by atoms with E-state index >= 15 is 0 Å². The van der Waals surface area contributed by atoms with Gasteiger partial charge in [-0.25, -0.2) is 8.42 Å². The van der Waals surface area contributed by atoms with Crippen molar-refractivity contribution >= 4 is 50.7 Å². The quantitative estimate of drug-likeness (QED) is 0.359. The molecule has 0 aliphatic carbocycles. The summed E-state index contributed by atoms with van der Waals surface area (Å²) in [5, 5.41) is 3.16. The van der Waals surface area contributed by atoms with E-state index < -0.39 is 34.4 Å². The van der Waals surface area contributed by atoms with E-state index in [2.05, 4.69) is 5.32 Å². The molecule has 1 atom stereocenters. The number of aryl methyl sites for hydroxylation is 2. The standard InChI is InChI=1S/C28H31Cl2N3O5S/c1-18-9-12-21(13-10-18)39(36,37)33(25-15-19(2)11-14-26(25)38-5)17-27(34)32(20(3)28(35)31-4)16-22-23(29)7-6-8-24(22)30/h6-15,20H,16-17H2,1-5H3,(H,31,35)/t20-/m1/s1. The number of rotatable bonds is 10. The molecule has 0 bridgehead atoms. The van der Waals surface area contributed by atoms with Gasteiger partial charge in [0.1, 0.15) is 18.3 Å². The first kappa shape index (κ1) is 30.3. The summed E-state index contributed by atoms with van der Waals surface area (Å²) in [5.74, 6) is -0.807. The highest BCUT2D eigenvalue weighted by molar-refractivity contribution is 7.92. The molecule has 0 saturated carbocycles. The topological polar surface area (TPSA) is 96.0 Å². The molecule has 39 heavy (non-hydrogen) atoms. The fourth-order valence-corrected chi connectivity index (χ4v) is 5.92. The summed E-state index contributed by atoms with van der Waals surface area (Å²) >= 11 is 12.7. The van der Waals surface area contributed by atoms with Gasteiger partial charge in [0.25, 0.3) is 10.0 Å². The minimum atomic E-state index is -4.24. The number of ether oxygens (including phenoxy) is 1. The second-order valence-corrected chi connectivity index (χ2v) is 11.7. The molecule has 0 fully saturated rings. The molecule has 0 spiro atoms. The van der Waals surface area contributed by atoms with Crippen LogP contribution in [0.25, 0.3) is 0 Å². The van der Waals surface area contributed by atoms with Gasteiger partial charge in [0.15, 0.2) is 0 Å². The average Bonchev–Trinajstić information content (AvgIpc) is 2.90. The van der Waals surface area contributed by atoms with Gasteiger partial charge < -0.3 is 15.0 Å². The number of amides is 2. The summed E-state index contributed by atoms with van der Waals surface area (Å²) in [6.45, 7) is 4.47. The smallest absolute Gasteiger partial charge is 0.264 e. The van der Waals surface area contributed by atoms with Crippen LogP contribution in [0.5, 0.6) is 5.75 Å². The maximum Gasteiger partial charge on any atom is 0.264 e. The summed E-state index contributed by atoms with van der Waals surface area (Å²) in [7, 11) is -1.36. The molecule has 1 N–H and O–H groups in total. The van der Waals surface area contributed by atoms with Gasteiger partial charge in [0, 0.05) is 29.2 Å². The zero-order chi connectivity index (χ0) is 28.9. The van der Waals surface area contributed by atoms with Gasteiger partial charge in [-0.1, -0.05) is 53.0 Å². The number of anilines is 1. The van der Waals surface area contributed by atoms with E-state index in [0.717, 1.165) is 15.4 Å². The first-order valence-corrected chi connectivity index (χ1v) is 14.3. The van der Waals surface area contributed by atoms with Crippen LogP contribution < -0.4 is 14.4 Å². The van der Waals surface area contributed by atoms with Crippen molar-refractivity contribution < 1.29 is 22.7 Å². The van der Waals surface area contributed by atoms with Crippen LogP contribution in [-0.4, -0.2) is 51.9 Å². The Kier molecular flexibility index (Phi) is 9.88. The molecular weight excluding hydrogens is 561 g/mol. The van der Waals surface area contributed by atoms with E-state index in [1.54, 1.807) is 62.4 Å². The van der Waals surface area contributed by atoms with Crippen molar-refractivity contribution in [1.82, 2.24) is 10.2 Å². The number of nitrogens with one attached hydrogen (secondary N) is 1. The zero-order valence-electron chi connectivity index (χ0n) is 22.4. The van der Waals surface area contributed by atoms with Crippen molar-refractivity contribution in [3.05, 3.63) is 87.4 Å². The molecule has 0 heterocycles. The van der Waals surface area contributed by atoms with E-state index in [1.807, 2.05) is 6.92 Å². The number of halogens is 2. The minimum absolute atomic E-state index is 0.00417. The lowest BCUT2D eigenvalue weighted by Crippen LogP contribution is -2.50. The second kappa shape index (κ2) is 12.7. The molecule has 3 aromatic rings. The molecule has 0 saturated heterocycles. The molecule has 0 aromatic heterocycles. The SMILES string of the molecule is CNC(=O)[C@@H](C)N(Cc1c(Cl)cccc1Cl)C(=O)CN(c1cc(C)ccc1OC)S(=O)(=O)c1ccc(C)cc1. The Morgan fingerprint density at radius 1 is 0.974 bits per heavy atom. The fourth-order valence-electron chi connectivity index (χ4n) is 3.99. The summed E-state index contributed by atoms with van der Waals surface area (Å²) in [6, 6.07) is 15.3. The second-order valence-electron chi connectivity index (χ2n) is 9.01. The third kappa shape index (κ3) is 6.84. The third-order valence-corrected chi connectivity index (χ3v) is 8.78. The molecule has 0 aliphatic rings. The van der Waals surface area contributed by atoms with E-state index in [-0.39, 0.29) is 22.9 Å². The lowest BCUT2D eigenvalue weighted by Gasteiger charge is -2.32. The van der Waals surface area contributed by atoms with E-state index in [9.17, 15) is 18.0 Å². The van der Waals surface area contributed by atoms with E-state index in [1.165, 1.54) is 31.2 Å². The summed E-state index contributed by atoms with van der Waals surface area (Å²) < 4.78 is 34.4. The molecule has 3 aromatic carbocycles. The van der Waals surface area contributed by atoms with Gasteiger partial charge in [0.05, 0.1) is 17.7 Å². The van der Waals surface area contributed by atoms with Crippen molar-refractivity contribution in [1.29, 1.82) is 0 Å². The molecule has 11 heteroatoms. The first-order chi connectivity index (χ1) is 18.4. The van der Waals surface area contributed by atoms with Crippen molar-refractivity contribution in [2.45, 2.75) is 38.3 Å². The van der Waals surface area contributed by atoms with Crippen LogP contribution in [0, 0.1) is 13.8 Å². The first-order valence-electron chi connectivity index (χ1n) is 12.1. The van der Waals surface area contributed by atoms with E-state index in [0.29, 0.717) is 15.6 Å². The maximum atomic E-state index is 14.0. The highest BCUT2D eigenvalue weighted by Crippen LogP contribution is 2.34. The van der Waals surface area contributed by atoms with Crippen LogP contribution >= 0.6 is 23.2 Å². The van der Waals surface area contributed by atoms with E-state index in [4.69, 9.17) is 27.9 Å². The van der Waals surface area contributed by atoms with Crippen molar-refractivity contribution in [3.63, 3.8) is 0 Å². The molecule has 8 nitrogen and oxygen atoms in total. The highest BCUT2D eigenvalue weighted by Gasteiger charge is 2.34. The zero-order valence-corrected chi connectivity index (χ0v) is 24.7. The Morgan fingerprint density at radius 2 is 1.56 bits per heavy atom. The highest BCUT2D eigenvalue weighted by atomic mass is 35.5. The normalized spacial score (nSPS) is 12.0. The van der Waals surface area contributed by atoms with Gasteiger partial charge in [-0.15, -0.1) is 0 Å². The lowest BCUT2D eigenvalue weighted by molar-refractivity contribution is -0.139. The number of benzene rings is 3. The Hall–Kier alpha value is -3.27. The molecule has 0 radical (unpaired) electrons. The number of methoxy groups -OCH3 is 1. The molecule has 2 amide bonds. The van der Waals surface area contributed by atoms with Gasteiger partial charge in [-0.05, 0) is 62.7 Å². The molecular formula is C28H31Cl2N3O5S. The van der Waals surface area contributed by atoms with Crippen LogP contribution in [0.1, 0.15) is 23.6 Å². The number of hydrogen-bond donors (Lipinski definition) is 1. The number of sulfonamides is 1. The molecule has 3 rings (SSSR count). The van der Waals surface area contributed by atoms with Gasteiger partial charge >= 0.3 is 0 Å². The molecule has 208 valence electrons. The van der Waals surface area contributed by atoms with Crippen LogP contribution in [0.2, 0.25) is 10.0 Å². The predicted octanol–water partition coefficient (Wildman–Crippen LogP) is 4.98. The minimum Gasteiger partial charge on any atom is -0.495 e. The molecule has 0 unspecified atom stereocenters. The number of likely N-dealkylation sites (N-methyl/N-ethyl adjacent to an activating group) is 1. The Bertz CT molecular complexity index is 1440. The van der Waals surface area contributed by atoms with Crippen molar-refractivity contribution in [2.24, 2.45) is 0 Å². The monoisotopic (exact) mass is 591 g/mol. The Morgan fingerprint density at radius 3 is 2.13 bits per heavy atom. The number of hydrogen-bond acceptors (Lipinski definition) is 5. The van der Waals surface area contributed by atoms with Crippen LogP contribution in [0.4, 0.5) is 5.69 Å². The lowest BCUT2D eigenvalue weighted by atomic mass is 10.1. The van der Waals surface area contributed by atoms with Crippen LogP contribution in [0.15, 0.2) is 65.6 Å². The number of nitrogens with zero attached hydrogens (tertiary/aromatic N) is 2. The third-order valence-electron chi connectivity index (χ3n) is 6.29. The van der Waals surface area contributed by atoms with Crippen molar-refractivity contribution in [2.75, 3.05) is 25.0 Å². The van der Waals surface area contributed by atoms with Crippen LogP contribution in [-0.2, 0) is 26.2 Å².